The molecule has 0 aliphatic carbocycles. The van der Waals surface area contributed by atoms with Gasteiger partial charge in [-0.15, -0.1) is 0 Å². The Kier molecular flexibility index (Phi) is 5.40. The number of aromatic nitrogens is 1. The zero-order valence-corrected chi connectivity index (χ0v) is 17.4. The van der Waals surface area contributed by atoms with Crippen LogP contribution >= 0.6 is 0 Å². The minimum absolute atomic E-state index is 0.0133. The molecule has 0 radical (unpaired) electrons. The first-order valence-electron chi connectivity index (χ1n) is 10.6. The lowest BCUT2D eigenvalue weighted by atomic mass is 10.1. The van der Waals surface area contributed by atoms with Crippen LogP contribution in [0, 0.1) is 0 Å². The molecule has 2 aromatic carbocycles. The van der Waals surface area contributed by atoms with Gasteiger partial charge >= 0.3 is 5.76 Å². The summed E-state index contributed by atoms with van der Waals surface area (Å²) in [5.41, 5.74) is 1.47. The Morgan fingerprint density at radius 1 is 1.03 bits per heavy atom. The summed E-state index contributed by atoms with van der Waals surface area (Å²) in [6.07, 6.45) is -0.286. The molecule has 3 aromatic rings. The number of oxazole rings is 1. The lowest BCUT2D eigenvalue weighted by Crippen LogP contribution is -2.54. The highest BCUT2D eigenvalue weighted by molar-refractivity contribution is 5.98. The number of carbonyl (C=O) groups is 2. The summed E-state index contributed by atoms with van der Waals surface area (Å²) in [5.74, 6) is 0.624. The van der Waals surface area contributed by atoms with Crippen molar-refractivity contribution in [3.63, 3.8) is 0 Å². The molecule has 1 aromatic heterocycles. The highest BCUT2D eigenvalue weighted by Gasteiger charge is 2.32. The third-order valence-corrected chi connectivity index (χ3v) is 5.87. The van der Waals surface area contributed by atoms with E-state index in [2.05, 4.69) is 9.88 Å². The van der Waals surface area contributed by atoms with Crippen LogP contribution in [-0.4, -0.2) is 71.9 Å². The first-order valence-corrected chi connectivity index (χ1v) is 10.6. The lowest BCUT2D eigenvalue weighted by molar-refractivity contribution is -0.143. The van der Waals surface area contributed by atoms with Crippen LogP contribution in [0.3, 0.4) is 0 Å². The average molecular weight is 437 g/mol. The topological polar surface area (TPSA) is 105 Å². The quantitative estimate of drug-likeness (QED) is 0.606. The van der Waals surface area contributed by atoms with Crippen molar-refractivity contribution < 1.29 is 23.5 Å². The number of nitrogens with zero attached hydrogens (tertiary/aromatic N) is 2. The number of Topliss-reactive ketones (excluding diaryl/α,β-unsaturated/α-hetero) is 1. The van der Waals surface area contributed by atoms with E-state index in [1.54, 1.807) is 29.2 Å². The molecule has 1 fully saturated rings. The minimum Gasteiger partial charge on any atom is -0.485 e. The van der Waals surface area contributed by atoms with Crippen molar-refractivity contribution in [2.75, 3.05) is 39.3 Å². The third kappa shape index (κ3) is 4.11. The number of rotatable bonds is 5. The number of amides is 1. The van der Waals surface area contributed by atoms with E-state index in [4.69, 9.17) is 13.9 Å². The number of nitrogens with one attached hydrogen (secondary N) is 1. The highest BCUT2D eigenvalue weighted by Crippen LogP contribution is 2.31. The first-order chi connectivity index (χ1) is 15.6. The number of aromatic amines is 1. The van der Waals surface area contributed by atoms with Crippen molar-refractivity contribution in [1.29, 1.82) is 0 Å². The van der Waals surface area contributed by atoms with E-state index in [1.165, 1.54) is 0 Å². The number of hydrogen-bond donors (Lipinski definition) is 1. The molecule has 1 atom stereocenters. The standard InChI is InChI=1S/C23H23N3O6/c27-17(15-5-6-16-20(13-15)32-23(29)24-16)7-8-25-9-11-26(12-10-25)22(28)21-14-30-18-3-1-2-4-19(18)31-21/h1-6,13,21H,7-12,14H2,(H,24,29). The Morgan fingerprint density at radius 2 is 1.81 bits per heavy atom. The summed E-state index contributed by atoms with van der Waals surface area (Å²) in [7, 11) is 0. The van der Waals surface area contributed by atoms with Gasteiger partial charge < -0.3 is 18.8 Å². The van der Waals surface area contributed by atoms with E-state index in [1.807, 2.05) is 18.2 Å². The number of carbonyl (C=O) groups excluding carboxylic acids is 2. The maximum Gasteiger partial charge on any atom is 0.417 e. The molecule has 1 saturated heterocycles. The van der Waals surface area contributed by atoms with Gasteiger partial charge in [0.25, 0.3) is 5.91 Å². The van der Waals surface area contributed by atoms with Crippen molar-refractivity contribution in [1.82, 2.24) is 14.8 Å². The number of H-pyrrole nitrogens is 1. The number of piperazine rings is 1. The summed E-state index contributed by atoms with van der Waals surface area (Å²) in [4.78, 5) is 43.2. The maximum absolute atomic E-state index is 12.8. The third-order valence-electron chi connectivity index (χ3n) is 5.87. The van der Waals surface area contributed by atoms with Gasteiger partial charge in [0.2, 0.25) is 6.10 Å². The van der Waals surface area contributed by atoms with Crippen molar-refractivity contribution in [2.45, 2.75) is 12.5 Å². The van der Waals surface area contributed by atoms with Crippen LogP contribution in [0.25, 0.3) is 11.1 Å². The van der Waals surface area contributed by atoms with Crippen LogP contribution in [0.1, 0.15) is 16.8 Å². The van der Waals surface area contributed by atoms with Crippen molar-refractivity contribution in [2.24, 2.45) is 0 Å². The Balaban J connectivity index is 1.11. The second-order valence-electron chi connectivity index (χ2n) is 7.93. The molecule has 9 heteroatoms. The Hall–Kier alpha value is -3.59. The largest absolute Gasteiger partial charge is 0.485 e. The number of fused-ring (bicyclic) bond motifs is 2. The molecule has 5 rings (SSSR count). The maximum atomic E-state index is 12.8. The predicted molar refractivity (Wildman–Crippen MR) is 115 cm³/mol. The van der Waals surface area contributed by atoms with Gasteiger partial charge in [-0.05, 0) is 30.3 Å². The minimum atomic E-state index is -0.638. The van der Waals surface area contributed by atoms with Crippen LogP contribution in [0.4, 0.5) is 0 Å². The monoisotopic (exact) mass is 437 g/mol. The molecular formula is C23H23N3O6. The van der Waals surface area contributed by atoms with Gasteiger partial charge in [0.05, 0.1) is 5.52 Å². The van der Waals surface area contributed by atoms with Gasteiger partial charge in [0, 0.05) is 44.7 Å². The van der Waals surface area contributed by atoms with Gasteiger partial charge in [-0.1, -0.05) is 12.1 Å². The summed E-state index contributed by atoms with van der Waals surface area (Å²) < 4.78 is 16.5. The molecule has 166 valence electrons. The second-order valence-corrected chi connectivity index (χ2v) is 7.93. The Labute approximate surface area is 183 Å². The normalized spacial score (nSPS) is 18.6. The van der Waals surface area contributed by atoms with Crippen LogP contribution in [-0.2, 0) is 4.79 Å². The van der Waals surface area contributed by atoms with E-state index in [0.717, 1.165) is 0 Å². The molecule has 0 spiro atoms. The predicted octanol–water partition coefficient (Wildman–Crippen LogP) is 1.68. The number of benzene rings is 2. The van der Waals surface area contributed by atoms with Gasteiger partial charge in [-0.3, -0.25) is 19.5 Å². The number of para-hydroxylation sites is 2. The molecule has 1 amide bonds. The van der Waals surface area contributed by atoms with Crippen molar-refractivity contribution in [3.8, 4) is 11.5 Å². The summed E-state index contributed by atoms with van der Waals surface area (Å²) in [6.45, 7) is 3.34. The van der Waals surface area contributed by atoms with Gasteiger partial charge in [0.1, 0.15) is 6.61 Å². The first kappa shape index (κ1) is 20.3. The van der Waals surface area contributed by atoms with Crippen molar-refractivity contribution in [3.05, 3.63) is 58.6 Å². The molecule has 1 unspecified atom stereocenters. The molecule has 9 nitrogen and oxygen atoms in total. The molecular weight excluding hydrogens is 414 g/mol. The number of hydrogen-bond acceptors (Lipinski definition) is 7. The summed E-state index contributed by atoms with van der Waals surface area (Å²) >= 11 is 0. The van der Waals surface area contributed by atoms with Gasteiger partial charge in [-0.2, -0.15) is 0 Å². The molecule has 1 N–H and O–H groups in total. The van der Waals surface area contributed by atoms with Crippen LogP contribution in [0.5, 0.6) is 11.5 Å². The smallest absolute Gasteiger partial charge is 0.417 e. The lowest BCUT2D eigenvalue weighted by Gasteiger charge is -2.37. The molecule has 32 heavy (non-hydrogen) atoms. The fourth-order valence-electron chi connectivity index (χ4n) is 4.06. The molecule has 3 heterocycles. The average Bonchev–Trinajstić information content (AvgIpc) is 3.21. The van der Waals surface area contributed by atoms with Crippen LogP contribution in [0.15, 0.2) is 51.7 Å². The molecule has 2 aliphatic rings. The van der Waals surface area contributed by atoms with E-state index in [0.29, 0.717) is 67.3 Å². The SMILES string of the molecule is O=C(CCN1CCN(C(=O)C2COc3ccccc3O2)CC1)c1ccc2[nH]c(=O)oc2c1. The number of ketones is 1. The number of ether oxygens (including phenoxy) is 2. The fraction of sp³-hybridized carbons (Fsp3) is 0.348. The molecule has 0 bridgehead atoms. The Bertz CT molecular complexity index is 1210. The highest BCUT2D eigenvalue weighted by atomic mass is 16.6. The van der Waals surface area contributed by atoms with Crippen molar-refractivity contribution >= 4 is 22.8 Å². The van der Waals surface area contributed by atoms with Crippen LogP contribution in [0.2, 0.25) is 0 Å². The Morgan fingerprint density at radius 3 is 2.62 bits per heavy atom. The van der Waals surface area contributed by atoms with E-state index >= 15 is 0 Å². The fourth-order valence-corrected chi connectivity index (χ4v) is 4.06. The van der Waals surface area contributed by atoms with E-state index < -0.39 is 11.9 Å². The molecule has 0 saturated carbocycles. The van der Waals surface area contributed by atoms with E-state index in [-0.39, 0.29) is 18.3 Å². The van der Waals surface area contributed by atoms with E-state index in [9.17, 15) is 14.4 Å². The second kappa shape index (κ2) is 8.51. The van der Waals surface area contributed by atoms with Crippen LogP contribution < -0.4 is 15.2 Å². The summed E-state index contributed by atoms with van der Waals surface area (Å²) in [5, 5.41) is 0. The summed E-state index contributed by atoms with van der Waals surface area (Å²) in [6, 6.07) is 12.3. The van der Waals surface area contributed by atoms with Gasteiger partial charge in [0.15, 0.2) is 22.9 Å². The molecule has 2 aliphatic heterocycles. The van der Waals surface area contributed by atoms with Gasteiger partial charge in [-0.25, -0.2) is 4.79 Å². The zero-order chi connectivity index (χ0) is 22.1. The zero-order valence-electron chi connectivity index (χ0n) is 17.4.